The molecule has 0 aliphatic carbocycles. The van der Waals surface area contributed by atoms with Gasteiger partial charge in [0.2, 0.25) is 5.95 Å². The van der Waals surface area contributed by atoms with Crippen LogP contribution in [-0.4, -0.2) is 49.4 Å². The van der Waals surface area contributed by atoms with Crippen LogP contribution in [0.15, 0.2) is 59.6 Å². The third-order valence-electron chi connectivity index (χ3n) is 4.43. The van der Waals surface area contributed by atoms with Gasteiger partial charge in [0, 0.05) is 40.3 Å². The second kappa shape index (κ2) is 9.62. The van der Waals surface area contributed by atoms with Crippen LogP contribution in [0.4, 0.5) is 27.9 Å². The van der Waals surface area contributed by atoms with Gasteiger partial charge in [-0.25, -0.2) is 18.8 Å². The molecule has 0 saturated carbocycles. The first-order chi connectivity index (χ1) is 15.2. The van der Waals surface area contributed by atoms with Gasteiger partial charge in [-0.2, -0.15) is 4.98 Å². The fourth-order valence-electron chi connectivity index (χ4n) is 2.84. The van der Waals surface area contributed by atoms with E-state index in [4.69, 9.17) is 9.89 Å². The number of carboxylic acid groups (broad SMARTS) is 1. The monoisotopic (exact) mass is 456 g/mol. The molecule has 1 unspecified atom stereocenters. The Morgan fingerprint density at radius 2 is 1.91 bits per heavy atom. The Bertz CT molecular complexity index is 1220. The number of aliphatic hydroxyl groups excluding tert-OH is 1. The number of aromatic nitrogens is 2. The number of amides is 1. The highest BCUT2D eigenvalue weighted by atomic mass is 32.2. The van der Waals surface area contributed by atoms with Gasteiger partial charge in [-0.1, -0.05) is 18.2 Å². The summed E-state index contributed by atoms with van der Waals surface area (Å²) >= 11 is 0. The summed E-state index contributed by atoms with van der Waals surface area (Å²) in [6, 6.07) is 13.1. The fourth-order valence-corrected chi connectivity index (χ4v) is 3.53. The number of benzene rings is 2. The summed E-state index contributed by atoms with van der Waals surface area (Å²) in [4.78, 5) is 20.1. The van der Waals surface area contributed by atoms with Crippen LogP contribution in [0, 0.1) is 4.78 Å². The van der Waals surface area contributed by atoms with Crippen LogP contribution < -0.4 is 16.0 Å². The molecule has 0 bridgehead atoms. The van der Waals surface area contributed by atoms with Crippen molar-refractivity contribution in [3.8, 4) is 11.1 Å². The van der Waals surface area contributed by atoms with Crippen LogP contribution in [0.2, 0.25) is 0 Å². The standard InChI is InChI=1S/C21H24N6O4S/c1-13(12-28)24-19-18(14-6-8-15(9-7-14)26-21(29)30)11-23-20(27-19)25-16-4-3-5-17(10-16)32(2,22)31/h3-11,13,22,26,28H,12H2,1-2H3,(H,29,30)(H2,23,24,25,27)/t13-,32?/m1/s1. The molecule has 0 spiro atoms. The van der Waals surface area contributed by atoms with Gasteiger partial charge < -0.3 is 20.8 Å². The van der Waals surface area contributed by atoms with E-state index in [2.05, 4.69) is 25.9 Å². The first-order valence-corrected chi connectivity index (χ1v) is 11.6. The molecule has 168 valence electrons. The van der Waals surface area contributed by atoms with Gasteiger partial charge >= 0.3 is 6.09 Å². The Balaban J connectivity index is 1.94. The van der Waals surface area contributed by atoms with Crippen molar-refractivity contribution in [3.05, 3.63) is 54.7 Å². The lowest BCUT2D eigenvalue weighted by atomic mass is 10.1. The average Bonchev–Trinajstić information content (AvgIpc) is 2.74. The summed E-state index contributed by atoms with van der Waals surface area (Å²) in [5.74, 6) is 0.745. The van der Waals surface area contributed by atoms with Gasteiger partial charge in [-0.3, -0.25) is 5.32 Å². The van der Waals surface area contributed by atoms with Crippen molar-refractivity contribution in [1.82, 2.24) is 9.97 Å². The lowest BCUT2D eigenvalue weighted by Crippen LogP contribution is -2.21. The molecular formula is C21H24N6O4S. The molecule has 1 amide bonds. The molecular weight excluding hydrogens is 432 g/mol. The molecule has 0 aliphatic heterocycles. The first kappa shape index (κ1) is 23.0. The van der Waals surface area contributed by atoms with E-state index in [0.717, 1.165) is 5.56 Å². The maximum atomic E-state index is 12.0. The molecule has 0 radical (unpaired) electrons. The van der Waals surface area contributed by atoms with Crippen molar-refractivity contribution in [2.75, 3.05) is 28.8 Å². The van der Waals surface area contributed by atoms with Crippen LogP contribution >= 0.6 is 0 Å². The molecule has 3 aromatic rings. The van der Waals surface area contributed by atoms with Crippen molar-refractivity contribution in [1.29, 1.82) is 4.78 Å². The molecule has 11 heteroatoms. The van der Waals surface area contributed by atoms with Gasteiger partial charge in [0.1, 0.15) is 5.82 Å². The minimum atomic E-state index is -2.86. The minimum Gasteiger partial charge on any atom is -0.465 e. The summed E-state index contributed by atoms with van der Waals surface area (Å²) in [5, 5.41) is 26.8. The normalized spacial score (nSPS) is 13.6. The Morgan fingerprint density at radius 1 is 1.19 bits per heavy atom. The number of nitrogens with zero attached hydrogens (tertiary/aromatic N) is 2. The number of aliphatic hydroxyl groups is 1. The van der Waals surface area contributed by atoms with Crippen molar-refractivity contribution in [2.45, 2.75) is 17.9 Å². The Labute approximate surface area is 185 Å². The summed E-state index contributed by atoms with van der Waals surface area (Å²) in [7, 11) is -2.86. The van der Waals surface area contributed by atoms with Crippen molar-refractivity contribution < 1.29 is 19.2 Å². The van der Waals surface area contributed by atoms with Gasteiger partial charge in [-0.15, -0.1) is 0 Å². The molecule has 10 nitrogen and oxygen atoms in total. The third kappa shape index (κ3) is 5.93. The van der Waals surface area contributed by atoms with E-state index in [-0.39, 0.29) is 18.6 Å². The lowest BCUT2D eigenvalue weighted by Gasteiger charge is -2.17. The SMILES string of the molecule is C[C@H](CO)Nc1nc(Nc2cccc(S(C)(=N)=O)c2)ncc1-c1ccc(NC(=O)O)cc1. The fraction of sp³-hybridized carbons (Fsp3) is 0.190. The summed E-state index contributed by atoms with van der Waals surface area (Å²) in [6.07, 6.45) is 1.81. The first-order valence-electron chi connectivity index (χ1n) is 9.61. The van der Waals surface area contributed by atoms with E-state index >= 15 is 0 Å². The van der Waals surface area contributed by atoms with E-state index < -0.39 is 15.8 Å². The summed E-state index contributed by atoms with van der Waals surface area (Å²) in [5.41, 5.74) is 2.43. The Hall–Kier alpha value is -3.70. The molecule has 2 atom stereocenters. The number of hydrogen-bond acceptors (Lipinski definition) is 8. The number of rotatable bonds is 8. The number of carbonyl (C=O) groups is 1. The van der Waals surface area contributed by atoms with Crippen molar-refractivity contribution in [3.63, 3.8) is 0 Å². The predicted octanol–water partition coefficient (Wildman–Crippen LogP) is 3.81. The Morgan fingerprint density at radius 3 is 2.53 bits per heavy atom. The van der Waals surface area contributed by atoms with Gasteiger partial charge in [0.25, 0.3) is 0 Å². The van der Waals surface area contributed by atoms with Crippen molar-refractivity contribution >= 4 is 39.0 Å². The second-order valence-electron chi connectivity index (χ2n) is 7.19. The van der Waals surface area contributed by atoms with E-state index in [9.17, 15) is 14.1 Å². The lowest BCUT2D eigenvalue weighted by molar-refractivity contribution is 0.209. The maximum absolute atomic E-state index is 12.0. The smallest absolute Gasteiger partial charge is 0.409 e. The highest BCUT2D eigenvalue weighted by Crippen LogP contribution is 2.29. The average molecular weight is 457 g/mol. The number of nitrogens with one attached hydrogen (secondary N) is 4. The molecule has 1 aromatic heterocycles. The number of hydrogen-bond donors (Lipinski definition) is 6. The topological polar surface area (TPSA) is 160 Å². The van der Waals surface area contributed by atoms with Crippen LogP contribution in [0.1, 0.15) is 6.92 Å². The number of anilines is 4. The predicted molar refractivity (Wildman–Crippen MR) is 124 cm³/mol. The largest absolute Gasteiger partial charge is 0.465 e. The van der Waals surface area contributed by atoms with E-state index in [0.29, 0.717) is 27.7 Å². The summed E-state index contributed by atoms with van der Waals surface area (Å²) in [6.45, 7) is 1.69. The molecule has 0 saturated heterocycles. The summed E-state index contributed by atoms with van der Waals surface area (Å²) < 4.78 is 19.8. The maximum Gasteiger partial charge on any atom is 0.409 e. The molecule has 3 rings (SSSR count). The Kier molecular flexibility index (Phi) is 6.91. The molecule has 1 heterocycles. The molecule has 0 aliphatic rings. The minimum absolute atomic E-state index is 0.107. The van der Waals surface area contributed by atoms with Gasteiger partial charge in [0.05, 0.1) is 16.3 Å². The van der Waals surface area contributed by atoms with Gasteiger partial charge in [-0.05, 0) is 42.8 Å². The highest BCUT2D eigenvalue weighted by Gasteiger charge is 2.13. The quantitative estimate of drug-likeness (QED) is 0.298. The van der Waals surface area contributed by atoms with Gasteiger partial charge in [0.15, 0.2) is 0 Å². The van der Waals surface area contributed by atoms with Crippen molar-refractivity contribution in [2.24, 2.45) is 0 Å². The second-order valence-corrected chi connectivity index (χ2v) is 9.35. The molecule has 32 heavy (non-hydrogen) atoms. The van der Waals surface area contributed by atoms with Crippen LogP contribution in [0.3, 0.4) is 0 Å². The zero-order chi connectivity index (χ0) is 23.3. The van der Waals surface area contributed by atoms with Crippen LogP contribution in [-0.2, 0) is 9.73 Å². The third-order valence-corrected chi connectivity index (χ3v) is 5.59. The highest BCUT2D eigenvalue weighted by molar-refractivity contribution is 7.91. The van der Waals surface area contributed by atoms with E-state index in [1.54, 1.807) is 61.7 Å². The zero-order valence-electron chi connectivity index (χ0n) is 17.5. The molecule has 0 fully saturated rings. The molecule has 2 aromatic carbocycles. The van der Waals surface area contributed by atoms with E-state index in [1.165, 1.54) is 6.26 Å². The van der Waals surface area contributed by atoms with Crippen LogP contribution in [0.5, 0.6) is 0 Å². The van der Waals surface area contributed by atoms with E-state index in [1.807, 2.05) is 0 Å². The zero-order valence-corrected chi connectivity index (χ0v) is 18.3. The molecule has 6 N–H and O–H groups in total. The van der Waals surface area contributed by atoms with Crippen LogP contribution in [0.25, 0.3) is 11.1 Å².